The molecule has 1 aliphatic carbocycles. The van der Waals surface area contributed by atoms with Crippen molar-refractivity contribution < 1.29 is 5.21 Å². The van der Waals surface area contributed by atoms with Gasteiger partial charge in [0.2, 0.25) is 0 Å². The Labute approximate surface area is 126 Å². The van der Waals surface area contributed by atoms with E-state index in [4.69, 9.17) is 5.21 Å². The van der Waals surface area contributed by atoms with Gasteiger partial charge in [0, 0.05) is 19.3 Å². The van der Waals surface area contributed by atoms with Gasteiger partial charge in [-0.3, -0.25) is 4.67 Å². The van der Waals surface area contributed by atoms with E-state index in [1.165, 1.54) is 77.3 Å². The highest BCUT2D eigenvalue weighted by atomic mass is 31.0. The van der Waals surface area contributed by atoms with Gasteiger partial charge in [0.05, 0.1) is 0 Å². The summed E-state index contributed by atoms with van der Waals surface area (Å²) in [4.78, 5) is 0. The highest BCUT2D eigenvalue weighted by Gasteiger charge is 2.25. The first-order valence-electron chi connectivity index (χ1n) is 8.47. The molecule has 1 atom stereocenters. The normalized spacial score (nSPS) is 32.5. The van der Waals surface area contributed by atoms with Crippen molar-refractivity contribution >= 4 is 15.6 Å². The molecule has 0 spiro atoms. The third-order valence-corrected chi connectivity index (χ3v) is 5.83. The van der Waals surface area contributed by atoms with Crippen LogP contribution in [-0.4, -0.2) is 29.2 Å². The van der Waals surface area contributed by atoms with Gasteiger partial charge in [0.15, 0.2) is 0 Å². The molecule has 1 heterocycles. The monoisotopic (exact) mass is 298 g/mol. The smallest absolute Gasteiger partial charge is 0.0466 e. The Bertz CT molecular complexity index is 278. The lowest BCUT2D eigenvalue weighted by molar-refractivity contribution is 0.187. The average Bonchev–Trinajstić information content (AvgIpc) is 2.47. The molecule has 0 aromatic heterocycles. The summed E-state index contributed by atoms with van der Waals surface area (Å²) >= 11 is 0. The zero-order chi connectivity index (χ0) is 14.2. The van der Waals surface area contributed by atoms with Gasteiger partial charge in [-0.25, -0.2) is 0 Å². The molecular weight excluding hydrogens is 267 g/mol. The minimum Gasteiger partial charge on any atom is -0.411 e. The van der Waals surface area contributed by atoms with Crippen molar-refractivity contribution in [3.8, 4) is 0 Å². The number of nitrogens with zero attached hydrogens (tertiary/aromatic N) is 2. The Morgan fingerprint density at radius 1 is 0.850 bits per heavy atom. The van der Waals surface area contributed by atoms with Crippen LogP contribution in [0.15, 0.2) is 5.16 Å². The molecule has 2 rings (SSSR count). The topological polar surface area (TPSA) is 35.8 Å². The minimum absolute atomic E-state index is 0.511. The van der Waals surface area contributed by atoms with Crippen LogP contribution in [0.3, 0.4) is 0 Å². The summed E-state index contributed by atoms with van der Waals surface area (Å²) in [7, 11) is 2.86. The molecule has 1 unspecified atom stereocenters. The third kappa shape index (κ3) is 5.33. The molecule has 1 saturated heterocycles. The molecule has 1 aliphatic heterocycles. The standard InChI is InChI=1S/C16H31N2OP/c19-17-13-14-5-1-3-7-15(8-4-2-6-14)16-9-11-18(20)12-10-16/h13-16,19H,1-12,20H2/b17-13+. The summed E-state index contributed by atoms with van der Waals surface area (Å²) in [5, 5.41) is 12.0. The van der Waals surface area contributed by atoms with Crippen molar-refractivity contribution in [3.05, 3.63) is 0 Å². The highest BCUT2D eigenvalue weighted by Crippen LogP contribution is 2.34. The first-order valence-corrected chi connectivity index (χ1v) is 8.98. The lowest BCUT2D eigenvalue weighted by atomic mass is 9.77. The number of hydrogen-bond donors (Lipinski definition) is 1. The molecule has 3 nitrogen and oxygen atoms in total. The number of piperidine rings is 1. The van der Waals surface area contributed by atoms with Crippen molar-refractivity contribution in [2.75, 3.05) is 13.1 Å². The predicted octanol–water partition coefficient (Wildman–Crippen LogP) is 4.32. The highest BCUT2D eigenvalue weighted by molar-refractivity contribution is 7.13. The van der Waals surface area contributed by atoms with Crippen LogP contribution in [-0.2, 0) is 0 Å². The Morgan fingerprint density at radius 2 is 1.35 bits per heavy atom. The Morgan fingerprint density at radius 3 is 1.90 bits per heavy atom. The zero-order valence-electron chi connectivity index (χ0n) is 12.7. The first kappa shape index (κ1) is 16.2. The molecule has 1 saturated carbocycles. The van der Waals surface area contributed by atoms with E-state index >= 15 is 0 Å². The fourth-order valence-electron chi connectivity index (χ4n) is 4.02. The average molecular weight is 298 g/mol. The van der Waals surface area contributed by atoms with Gasteiger partial charge in [-0.15, -0.1) is 5.16 Å². The SMILES string of the molecule is O/N=C/C1CCCCC(C2CCN(P)CC2)CCCC1. The van der Waals surface area contributed by atoms with Crippen LogP contribution in [0.4, 0.5) is 0 Å². The second-order valence-electron chi connectivity index (χ2n) is 6.73. The summed E-state index contributed by atoms with van der Waals surface area (Å²) in [5.74, 6) is 2.45. The maximum absolute atomic E-state index is 8.70. The summed E-state index contributed by atoms with van der Waals surface area (Å²) in [6.07, 6.45) is 15.1. The van der Waals surface area contributed by atoms with Gasteiger partial charge in [-0.1, -0.05) is 47.9 Å². The fourth-order valence-corrected chi connectivity index (χ4v) is 4.32. The van der Waals surface area contributed by atoms with Crippen LogP contribution in [0.1, 0.15) is 64.2 Å². The van der Waals surface area contributed by atoms with Crippen molar-refractivity contribution in [1.82, 2.24) is 4.67 Å². The van der Waals surface area contributed by atoms with Crippen molar-refractivity contribution in [3.63, 3.8) is 0 Å². The summed E-state index contributed by atoms with van der Waals surface area (Å²) < 4.78 is 2.40. The van der Waals surface area contributed by atoms with Crippen molar-refractivity contribution in [2.24, 2.45) is 22.9 Å². The van der Waals surface area contributed by atoms with E-state index < -0.39 is 0 Å². The van der Waals surface area contributed by atoms with Crippen LogP contribution in [0.5, 0.6) is 0 Å². The van der Waals surface area contributed by atoms with Crippen LogP contribution in [0.2, 0.25) is 0 Å². The fraction of sp³-hybridized carbons (Fsp3) is 0.938. The van der Waals surface area contributed by atoms with Crippen molar-refractivity contribution in [2.45, 2.75) is 64.2 Å². The van der Waals surface area contributed by atoms with E-state index in [1.807, 2.05) is 0 Å². The molecule has 1 N–H and O–H groups in total. The van der Waals surface area contributed by atoms with Crippen LogP contribution >= 0.6 is 9.39 Å². The molecule has 0 aromatic rings. The van der Waals surface area contributed by atoms with Gasteiger partial charge >= 0.3 is 0 Å². The van der Waals surface area contributed by atoms with Gasteiger partial charge in [0.25, 0.3) is 0 Å². The Kier molecular flexibility index (Phi) is 7.30. The van der Waals surface area contributed by atoms with Gasteiger partial charge in [0.1, 0.15) is 0 Å². The third-order valence-electron chi connectivity index (χ3n) is 5.32. The molecule has 116 valence electrons. The number of rotatable bonds is 2. The summed E-state index contributed by atoms with van der Waals surface area (Å²) in [5.41, 5.74) is 0. The largest absolute Gasteiger partial charge is 0.411 e. The lowest BCUT2D eigenvalue weighted by Crippen LogP contribution is -2.30. The van der Waals surface area contributed by atoms with E-state index in [2.05, 4.69) is 19.2 Å². The van der Waals surface area contributed by atoms with Crippen LogP contribution < -0.4 is 0 Å². The molecule has 4 heteroatoms. The molecular formula is C16H31N2OP. The number of oxime groups is 1. The zero-order valence-corrected chi connectivity index (χ0v) is 13.9. The van der Waals surface area contributed by atoms with Crippen molar-refractivity contribution in [1.29, 1.82) is 0 Å². The summed E-state index contributed by atoms with van der Waals surface area (Å²) in [6, 6.07) is 0. The van der Waals surface area contributed by atoms with Crippen LogP contribution in [0, 0.1) is 17.8 Å². The van der Waals surface area contributed by atoms with Gasteiger partial charge < -0.3 is 5.21 Å². The van der Waals surface area contributed by atoms with E-state index in [1.54, 1.807) is 6.21 Å². The number of hydrogen-bond acceptors (Lipinski definition) is 3. The van der Waals surface area contributed by atoms with E-state index in [0.29, 0.717) is 5.92 Å². The molecule has 0 radical (unpaired) electrons. The maximum Gasteiger partial charge on any atom is 0.0466 e. The molecule has 0 aromatic carbocycles. The lowest BCUT2D eigenvalue weighted by Gasteiger charge is -2.35. The summed E-state index contributed by atoms with van der Waals surface area (Å²) in [6.45, 7) is 2.53. The molecule has 0 amide bonds. The first-order chi connectivity index (χ1) is 9.79. The maximum atomic E-state index is 8.70. The van der Waals surface area contributed by atoms with E-state index in [0.717, 1.165) is 11.8 Å². The Hall–Kier alpha value is -0.140. The van der Waals surface area contributed by atoms with Gasteiger partial charge in [-0.05, 0) is 43.4 Å². The molecule has 0 bridgehead atoms. The van der Waals surface area contributed by atoms with E-state index in [9.17, 15) is 0 Å². The Balaban J connectivity index is 1.79. The molecule has 20 heavy (non-hydrogen) atoms. The second kappa shape index (κ2) is 9.00. The second-order valence-corrected chi connectivity index (χ2v) is 7.46. The van der Waals surface area contributed by atoms with Crippen LogP contribution in [0.25, 0.3) is 0 Å². The quantitative estimate of drug-likeness (QED) is 0.357. The van der Waals surface area contributed by atoms with E-state index in [-0.39, 0.29) is 0 Å². The molecule has 2 fully saturated rings. The predicted molar refractivity (Wildman–Crippen MR) is 88.2 cm³/mol. The minimum atomic E-state index is 0.511. The van der Waals surface area contributed by atoms with Gasteiger partial charge in [-0.2, -0.15) is 0 Å². The molecule has 2 aliphatic rings.